The van der Waals surface area contributed by atoms with E-state index in [-0.39, 0.29) is 11.7 Å². The standard InChI is InChI=1S/C13H18BrNO2/c14-9-6-11-8-13(7-9)12(16-11)4-3-10(17-13)2-1-5-15/h9-12H,1-4,6-8H2. The van der Waals surface area contributed by atoms with Crippen LogP contribution in [0.2, 0.25) is 0 Å². The fraction of sp³-hybridized carbons (Fsp3) is 0.923. The van der Waals surface area contributed by atoms with E-state index in [1.165, 1.54) is 0 Å². The molecule has 17 heavy (non-hydrogen) atoms. The van der Waals surface area contributed by atoms with Crippen LogP contribution in [0.1, 0.15) is 44.9 Å². The maximum atomic E-state index is 8.66. The first kappa shape index (κ1) is 12.0. The number of ether oxygens (including phenoxy) is 2. The number of fused-ring (bicyclic) bond motifs is 1. The summed E-state index contributed by atoms with van der Waals surface area (Å²) in [5.74, 6) is 0. The van der Waals surface area contributed by atoms with Crippen molar-refractivity contribution in [2.75, 3.05) is 0 Å². The summed E-state index contributed by atoms with van der Waals surface area (Å²) in [6.07, 6.45) is 7.83. The Labute approximate surface area is 111 Å². The Hall–Kier alpha value is -0.110. The van der Waals surface area contributed by atoms with Crippen LogP contribution in [-0.4, -0.2) is 28.7 Å². The minimum Gasteiger partial charge on any atom is -0.372 e. The summed E-state index contributed by atoms with van der Waals surface area (Å²) < 4.78 is 12.4. The molecular formula is C13H18BrNO2. The van der Waals surface area contributed by atoms with Crippen molar-refractivity contribution in [3.8, 4) is 6.07 Å². The van der Waals surface area contributed by atoms with E-state index in [1.807, 2.05) is 0 Å². The van der Waals surface area contributed by atoms with Crippen molar-refractivity contribution in [2.45, 2.75) is 73.7 Å². The summed E-state index contributed by atoms with van der Waals surface area (Å²) in [4.78, 5) is 0.529. The lowest BCUT2D eigenvalue weighted by Crippen LogP contribution is -2.50. The van der Waals surface area contributed by atoms with Crippen molar-refractivity contribution >= 4 is 15.9 Å². The fourth-order valence-corrected chi connectivity index (χ4v) is 4.64. The molecule has 0 aromatic carbocycles. The van der Waals surface area contributed by atoms with Gasteiger partial charge in [-0.05, 0) is 32.1 Å². The van der Waals surface area contributed by atoms with E-state index in [0.29, 0.717) is 23.5 Å². The van der Waals surface area contributed by atoms with Gasteiger partial charge in [0.2, 0.25) is 0 Å². The van der Waals surface area contributed by atoms with Gasteiger partial charge in [0, 0.05) is 17.7 Å². The summed E-state index contributed by atoms with van der Waals surface area (Å²) >= 11 is 3.73. The Morgan fingerprint density at radius 2 is 2.24 bits per heavy atom. The number of nitrogens with zero attached hydrogens (tertiary/aromatic N) is 1. The molecule has 0 N–H and O–H groups in total. The zero-order valence-electron chi connectivity index (χ0n) is 9.90. The van der Waals surface area contributed by atoms with Crippen molar-refractivity contribution in [2.24, 2.45) is 0 Å². The van der Waals surface area contributed by atoms with Gasteiger partial charge in [-0.25, -0.2) is 0 Å². The second kappa shape index (κ2) is 4.53. The predicted octanol–water partition coefficient (Wildman–Crippen LogP) is 2.92. The SMILES string of the molecule is N#CCCC1CCC2OC3CC(Br)CC2(C3)O1. The molecule has 5 unspecified atom stereocenters. The van der Waals surface area contributed by atoms with Crippen molar-refractivity contribution in [3.63, 3.8) is 0 Å². The maximum Gasteiger partial charge on any atom is 0.0982 e. The normalized spacial score (nSPS) is 48.5. The fourth-order valence-electron chi connectivity index (χ4n) is 3.68. The van der Waals surface area contributed by atoms with Crippen LogP contribution < -0.4 is 0 Å². The molecule has 0 aromatic rings. The van der Waals surface area contributed by atoms with Crippen molar-refractivity contribution in [1.29, 1.82) is 5.26 Å². The van der Waals surface area contributed by atoms with E-state index in [1.54, 1.807) is 0 Å². The quantitative estimate of drug-likeness (QED) is 0.736. The highest BCUT2D eigenvalue weighted by Gasteiger charge is 2.56. The Morgan fingerprint density at radius 1 is 1.35 bits per heavy atom. The van der Waals surface area contributed by atoms with Gasteiger partial charge >= 0.3 is 0 Å². The molecular weight excluding hydrogens is 282 g/mol. The molecule has 1 aliphatic carbocycles. The van der Waals surface area contributed by atoms with Crippen LogP contribution in [0, 0.1) is 11.3 Å². The number of nitriles is 1. The van der Waals surface area contributed by atoms with Crippen molar-refractivity contribution < 1.29 is 9.47 Å². The topological polar surface area (TPSA) is 42.2 Å². The number of halogens is 1. The Balaban J connectivity index is 1.71. The molecule has 0 radical (unpaired) electrons. The highest BCUT2D eigenvalue weighted by atomic mass is 79.9. The van der Waals surface area contributed by atoms with E-state index < -0.39 is 0 Å². The van der Waals surface area contributed by atoms with Crippen LogP contribution in [0.3, 0.4) is 0 Å². The molecule has 0 aromatic heterocycles. The van der Waals surface area contributed by atoms with Crippen LogP contribution in [0.25, 0.3) is 0 Å². The van der Waals surface area contributed by atoms with E-state index >= 15 is 0 Å². The van der Waals surface area contributed by atoms with Crippen LogP contribution in [0.4, 0.5) is 0 Å². The van der Waals surface area contributed by atoms with E-state index in [2.05, 4.69) is 22.0 Å². The lowest BCUT2D eigenvalue weighted by atomic mass is 9.78. The molecule has 2 aliphatic heterocycles. The van der Waals surface area contributed by atoms with Crippen LogP contribution in [-0.2, 0) is 9.47 Å². The molecule has 4 heteroatoms. The molecule has 3 nitrogen and oxygen atoms in total. The van der Waals surface area contributed by atoms with Gasteiger partial charge in [0.1, 0.15) is 0 Å². The van der Waals surface area contributed by atoms with E-state index in [9.17, 15) is 0 Å². The van der Waals surface area contributed by atoms with Gasteiger partial charge in [0.05, 0.1) is 30.0 Å². The van der Waals surface area contributed by atoms with Crippen molar-refractivity contribution in [3.05, 3.63) is 0 Å². The third-order valence-electron chi connectivity index (χ3n) is 4.33. The highest BCUT2D eigenvalue weighted by molar-refractivity contribution is 9.09. The molecule has 3 aliphatic rings. The molecule has 0 amide bonds. The third kappa shape index (κ3) is 2.14. The first-order valence-corrected chi connectivity index (χ1v) is 7.48. The third-order valence-corrected chi connectivity index (χ3v) is 5.03. The predicted molar refractivity (Wildman–Crippen MR) is 66.9 cm³/mol. The zero-order chi connectivity index (χ0) is 11.9. The number of hydrogen-bond donors (Lipinski definition) is 0. The lowest BCUT2D eigenvalue weighted by molar-refractivity contribution is -0.165. The van der Waals surface area contributed by atoms with Gasteiger partial charge in [-0.15, -0.1) is 0 Å². The van der Waals surface area contributed by atoms with Gasteiger partial charge in [0.15, 0.2) is 0 Å². The maximum absolute atomic E-state index is 8.66. The van der Waals surface area contributed by atoms with Gasteiger partial charge in [-0.1, -0.05) is 15.9 Å². The molecule has 5 atom stereocenters. The molecule has 3 rings (SSSR count). The van der Waals surface area contributed by atoms with E-state index in [0.717, 1.165) is 38.5 Å². The lowest BCUT2D eigenvalue weighted by Gasteiger charge is -2.43. The van der Waals surface area contributed by atoms with Crippen LogP contribution in [0.15, 0.2) is 0 Å². The Morgan fingerprint density at radius 3 is 3.06 bits per heavy atom. The Bertz CT molecular complexity index is 343. The van der Waals surface area contributed by atoms with Crippen LogP contribution in [0.5, 0.6) is 0 Å². The minimum atomic E-state index is -0.0462. The molecule has 3 fully saturated rings. The molecule has 2 bridgehead atoms. The van der Waals surface area contributed by atoms with Gasteiger partial charge in [-0.3, -0.25) is 0 Å². The molecule has 94 valence electrons. The molecule has 1 spiro atoms. The average Bonchev–Trinajstić information content (AvgIpc) is 2.55. The minimum absolute atomic E-state index is 0.0462. The summed E-state index contributed by atoms with van der Waals surface area (Å²) in [7, 11) is 0. The Kier molecular flexibility index (Phi) is 3.18. The first-order valence-electron chi connectivity index (χ1n) is 6.56. The molecule has 2 heterocycles. The second-order valence-electron chi connectivity index (χ2n) is 5.57. The van der Waals surface area contributed by atoms with Crippen LogP contribution >= 0.6 is 15.9 Å². The number of hydrogen-bond acceptors (Lipinski definition) is 3. The summed E-state index contributed by atoms with van der Waals surface area (Å²) in [6.45, 7) is 0. The zero-order valence-corrected chi connectivity index (χ0v) is 11.5. The monoisotopic (exact) mass is 299 g/mol. The number of rotatable bonds is 2. The van der Waals surface area contributed by atoms with Gasteiger partial charge < -0.3 is 9.47 Å². The highest BCUT2D eigenvalue weighted by Crippen LogP contribution is 2.50. The first-order chi connectivity index (χ1) is 8.22. The second-order valence-corrected chi connectivity index (χ2v) is 6.86. The largest absolute Gasteiger partial charge is 0.372 e. The average molecular weight is 300 g/mol. The molecule has 2 saturated heterocycles. The van der Waals surface area contributed by atoms with E-state index in [4.69, 9.17) is 14.7 Å². The summed E-state index contributed by atoms with van der Waals surface area (Å²) in [5, 5.41) is 8.66. The summed E-state index contributed by atoms with van der Waals surface area (Å²) in [5.41, 5.74) is -0.0462. The van der Waals surface area contributed by atoms with Crippen molar-refractivity contribution in [1.82, 2.24) is 0 Å². The van der Waals surface area contributed by atoms with Gasteiger partial charge in [-0.2, -0.15) is 5.26 Å². The summed E-state index contributed by atoms with van der Waals surface area (Å²) in [6, 6.07) is 2.22. The number of alkyl halides is 1. The smallest absolute Gasteiger partial charge is 0.0982 e. The molecule has 1 saturated carbocycles. The van der Waals surface area contributed by atoms with Gasteiger partial charge in [0.25, 0.3) is 0 Å².